The summed E-state index contributed by atoms with van der Waals surface area (Å²) in [5.74, 6) is -5.47. The van der Waals surface area contributed by atoms with Gasteiger partial charge in [-0.05, 0) is 68.1 Å². The monoisotopic (exact) mass is 700 g/mol. The van der Waals surface area contributed by atoms with Crippen molar-refractivity contribution in [3.63, 3.8) is 0 Å². The third kappa shape index (κ3) is 4.45. The van der Waals surface area contributed by atoms with Gasteiger partial charge in [-0.3, -0.25) is 4.79 Å². The maximum atomic E-state index is 14.0. The minimum Gasteiger partial charge on any atom is -0.472 e. The molecule has 0 amide bonds. The molecule has 0 spiro atoms. The molecule has 1 aromatic rings. The number of hydrogen-bond acceptors (Lipinski definition) is 13. The average Bonchev–Trinajstić information content (AvgIpc) is 3.71. The van der Waals surface area contributed by atoms with Crippen molar-refractivity contribution < 1.29 is 63.0 Å². The number of cyclic esters (lactones) is 1. The van der Waals surface area contributed by atoms with Crippen molar-refractivity contribution in [3.8, 4) is 0 Å². The summed E-state index contributed by atoms with van der Waals surface area (Å²) in [7, 11) is 1.25. The zero-order valence-corrected chi connectivity index (χ0v) is 29.7. The Labute approximate surface area is 290 Å². The molecule has 6 rings (SSSR count). The Morgan fingerprint density at radius 3 is 2.40 bits per heavy atom. The Hall–Kier alpha value is -3.52. The third-order valence-electron chi connectivity index (χ3n) is 13.2. The molecule has 2 heterocycles. The van der Waals surface area contributed by atoms with Crippen molar-refractivity contribution in [1.29, 1.82) is 0 Å². The molecule has 0 aromatic carbocycles. The van der Waals surface area contributed by atoms with Gasteiger partial charge in [0.15, 0.2) is 11.7 Å². The van der Waals surface area contributed by atoms with Crippen LogP contribution in [0.2, 0.25) is 0 Å². The number of esters is 4. The lowest BCUT2D eigenvalue weighted by molar-refractivity contribution is -0.314. The summed E-state index contributed by atoms with van der Waals surface area (Å²) in [5.41, 5.74) is -7.33. The largest absolute Gasteiger partial charge is 0.472 e. The Balaban J connectivity index is 1.63. The van der Waals surface area contributed by atoms with Crippen molar-refractivity contribution >= 4 is 23.9 Å². The number of fused-ring (bicyclic) bond motifs is 4. The van der Waals surface area contributed by atoms with Gasteiger partial charge in [0.05, 0.1) is 19.6 Å². The van der Waals surface area contributed by atoms with E-state index in [1.807, 2.05) is 0 Å². The molecule has 5 aliphatic rings. The highest BCUT2D eigenvalue weighted by molar-refractivity contribution is 5.88. The lowest BCUT2D eigenvalue weighted by Gasteiger charge is -2.68. The van der Waals surface area contributed by atoms with Crippen LogP contribution in [-0.4, -0.2) is 87.0 Å². The van der Waals surface area contributed by atoms with Crippen LogP contribution in [0, 0.1) is 34.0 Å². The molecule has 274 valence electrons. The van der Waals surface area contributed by atoms with Crippen LogP contribution in [0.15, 0.2) is 45.8 Å². The summed E-state index contributed by atoms with van der Waals surface area (Å²) in [6.07, 6.45) is -3.08. The lowest BCUT2D eigenvalue weighted by atomic mass is 9.40. The van der Waals surface area contributed by atoms with Crippen LogP contribution in [0.3, 0.4) is 0 Å². The normalized spacial score (nSPS) is 42.4. The fourth-order valence-corrected chi connectivity index (χ4v) is 10.6. The molecule has 2 unspecified atom stereocenters. The summed E-state index contributed by atoms with van der Waals surface area (Å²) in [6.45, 7) is 11.7. The molecule has 0 radical (unpaired) electrons. The van der Waals surface area contributed by atoms with Crippen LogP contribution in [-0.2, 0) is 38.1 Å². The van der Waals surface area contributed by atoms with Gasteiger partial charge in [0, 0.05) is 33.8 Å². The molecule has 1 aromatic heterocycles. The number of allylic oxidation sites excluding steroid dienone is 1. The fourth-order valence-electron chi connectivity index (χ4n) is 10.6. The van der Waals surface area contributed by atoms with E-state index in [4.69, 9.17) is 23.4 Å². The van der Waals surface area contributed by atoms with Gasteiger partial charge in [-0.15, -0.1) is 0 Å². The van der Waals surface area contributed by atoms with Crippen LogP contribution in [0.1, 0.15) is 85.8 Å². The molecule has 1 saturated heterocycles. The molecule has 13 nitrogen and oxygen atoms in total. The SMILES string of the molecule is C/C=C(\C)C(=O)O[C@H]1[C@]2(C)C[C@@]3(O)[C@]1(O)[C@@H](O)C1=C4[C@@H](OC(=O)C(O)C(C)C)C(=O)O[C@@H](c5ccoc5)[C@]4(C)CCC1[C@@]3(C)[C@H]2CC(=O)OC. The van der Waals surface area contributed by atoms with Gasteiger partial charge in [0.25, 0.3) is 0 Å². The first-order chi connectivity index (χ1) is 23.3. The Bertz CT molecular complexity index is 1660. The van der Waals surface area contributed by atoms with E-state index in [-0.39, 0.29) is 29.6 Å². The number of carbonyl (C=O) groups is 4. The highest BCUT2D eigenvalue weighted by Crippen LogP contribution is 2.80. The number of carbonyl (C=O) groups excluding carboxylic acids is 4. The molecule has 4 fully saturated rings. The molecular formula is C37H48O13. The number of rotatable bonds is 8. The van der Waals surface area contributed by atoms with Crippen LogP contribution < -0.4 is 0 Å². The molecule has 13 heteroatoms. The second-order valence-electron chi connectivity index (χ2n) is 15.9. The molecule has 12 atom stereocenters. The van der Waals surface area contributed by atoms with Gasteiger partial charge >= 0.3 is 23.9 Å². The quantitative estimate of drug-likeness (QED) is 0.134. The number of aliphatic hydroxyl groups excluding tert-OH is 2. The smallest absolute Gasteiger partial charge is 0.352 e. The second-order valence-corrected chi connectivity index (χ2v) is 15.9. The van der Waals surface area contributed by atoms with Crippen LogP contribution >= 0.6 is 0 Å². The van der Waals surface area contributed by atoms with Crippen molar-refractivity contribution in [3.05, 3.63) is 47.0 Å². The lowest BCUT2D eigenvalue weighted by Crippen LogP contribution is -2.80. The van der Waals surface area contributed by atoms with Gasteiger partial charge in [0.1, 0.15) is 23.9 Å². The number of methoxy groups -OCH3 is 1. The molecule has 4 aliphatic carbocycles. The van der Waals surface area contributed by atoms with Gasteiger partial charge in [0.2, 0.25) is 6.10 Å². The van der Waals surface area contributed by atoms with Crippen molar-refractivity contribution in [2.75, 3.05) is 7.11 Å². The van der Waals surface area contributed by atoms with Gasteiger partial charge in [-0.1, -0.05) is 40.7 Å². The third-order valence-corrected chi connectivity index (χ3v) is 13.2. The molecule has 4 N–H and O–H groups in total. The first kappa shape index (κ1) is 36.3. The maximum Gasteiger partial charge on any atom is 0.352 e. The minimum absolute atomic E-state index is 0.117. The number of aliphatic hydroxyl groups is 4. The predicted molar refractivity (Wildman–Crippen MR) is 172 cm³/mol. The standard InChI is InChI=1S/C37H48O13/c1-9-18(4)29(41)50-32-34(6)16-36(44)35(7,21(34)14-22(38)46-8)20-10-12-33(5)24(23(20)27(40)37(32,36)45)26(48-30(42)25(39)17(2)3)31(43)49-28(33)19-11-13-47-15-19/h9,11,13,15,17,20-21,25-28,32,39-40,44-45H,10,12,14,16H2,1-8H3/b18-9+/t20?,21-,25?,26+,27-,28-,32-,33+,34+,35-,36-,37-/m0/s1. The summed E-state index contributed by atoms with van der Waals surface area (Å²) in [6, 6.07) is 1.64. The van der Waals surface area contributed by atoms with E-state index in [0.29, 0.717) is 18.4 Å². The van der Waals surface area contributed by atoms with Crippen LogP contribution in [0.5, 0.6) is 0 Å². The van der Waals surface area contributed by atoms with Crippen LogP contribution in [0.4, 0.5) is 0 Å². The van der Waals surface area contributed by atoms with E-state index < -0.39 is 99.6 Å². The summed E-state index contributed by atoms with van der Waals surface area (Å²) < 4.78 is 28.2. The summed E-state index contributed by atoms with van der Waals surface area (Å²) >= 11 is 0. The van der Waals surface area contributed by atoms with Crippen LogP contribution in [0.25, 0.3) is 0 Å². The average molecular weight is 701 g/mol. The van der Waals surface area contributed by atoms with Gasteiger partial charge < -0.3 is 43.8 Å². The Morgan fingerprint density at radius 2 is 1.82 bits per heavy atom. The Kier molecular flexibility index (Phi) is 8.53. The van der Waals surface area contributed by atoms with E-state index in [1.54, 1.807) is 47.6 Å². The zero-order chi connectivity index (χ0) is 36.9. The minimum atomic E-state index is -2.54. The first-order valence-electron chi connectivity index (χ1n) is 17.2. The van der Waals surface area contributed by atoms with E-state index in [9.17, 15) is 39.6 Å². The highest BCUT2D eigenvalue weighted by Gasteiger charge is 2.89. The van der Waals surface area contributed by atoms with Gasteiger partial charge in [-0.25, -0.2) is 14.4 Å². The Morgan fingerprint density at radius 1 is 1.14 bits per heavy atom. The summed E-state index contributed by atoms with van der Waals surface area (Å²) in [4.78, 5) is 53.7. The highest BCUT2D eigenvalue weighted by atomic mass is 16.6. The first-order valence-corrected chi connectivity index (χ1v) is 17.2. The van der Waals surface area contributed by atoms with Crippen molar-refractivity contribution in [2.24, 2.45) is 34.0 Å². The van der Waals surface area contributed by atoms with Crippen molar-refractivity contribution in [2.45, 2.75) is 116 Å². The molecule has 2 bridgehead atoms. The predicted octanol–water partition coefficient (Wildman–Crippen LogP) is 2.84. The zero-order valence-electron chi connectivity index (χ0n) is 29.7. The number of ether oxygens (including phenoxy) is 4. The fraction of sp³-hybridized carbons (Fsp3) is 0.676. The van der Waals surface area contributed by atoms with Crippen molar-refractivity contribution in [1.82, 2.24) is 0 Å². The van der Waals surface area contributed by atoms with E-state index in [1.165, 1.54) is 32.6 Å². The molecule has 3 saturated carbocycles. The topological polar surface area (TPSA) is 199 Å². The molecular weight excluding hydrogens is 652 g/mol. The number of furan rings is 1. The van der Waals surface area contributed by atoms with E-state index in [0.717, 1.165) is 0 Å². The number of hydrogen-bond donors (Lipinski definition) is 4. The van der Waals surface area contributed by atoms with E-state index in [2.05, 4.69) is 0 Å². The summed E-state index contributed by atoms with van der Waals surface area (Å²) in [5, 5.41) is 49.1. The van der Waals surface area contributed by atoms with E-state index >= 15 is 0 Å². The second kappa shape index (κ2) is 11.8. The molecule has 1 aliphatic heterocycles. The molecule has 50 heavy (non-hydrogen) atoms. The maximum absolute atomic E-state index is 14.0. The van der Waals surface area contributed by atoms with Gasteiger partial charge in [-0.2, -0.15) is 0 Å².